The van der Waals surface area contributed by atoms with E-state index in [9.17, 15) is 4.79 Å². The Morgan fingerprint density at radius 1 is 1.53 bits per heavy atom. The third kappa shape index (κ3) is 2.35. The Bertz CT molecular complexity index is 422. The van der Waals surface area contributed by atoms with E-state index in [2.05, 4.69) is 22.4 Å². The van der Waals surface area contributed by atoms with Gasteiger partial charge in [-0.15, -0.1) is 0 Å². The Kier molecular flexibility index (Phi) is 2.65. The fraction of sp³-hybridized carbons (Fsp3) is 0.692. The smallest absolute Gasteiger partial charge is 0.271 e. The highest BCUT2D eigenvalue weighted by Gasteiger charge is 2.35. The molecule has 0 unspecified atom stereocenters. The third-order valence-electron chi connectivity index (χ3n) is 3.97. The van der Waals surface area contributed by atoms with E-state index < -0.39 is 0 Å². The van der Waals surface area contributed by atoms with Gasteiger partial charge in [-0.3, -0.25) is 9.89 Å². The molecule has 2 N–H and O–H groups in total. The summed E-state index contributed by atoms with van der Waals surface area (Å²) >= 11 is 0. The molecule has 1 amide bonds. The Labute approximate surface area is 101 Å². The van der Waals surface area contributed by atoms with Crippen LogP contribution in [0.15, 0.2) is 6.07 Å². The largest absolute Gasteiger partial charge is 0.350 e. The normalized spacial score (nSPS) is 26.9. The number of H-pyrrole nitrogens is 1. The Morgan fingerprint density at radius 2 is 2.35 bits per heavy atom. The first-order valence-electron chi connectivity index (χ1n) is 6.61. The molecule has 92 valence electrons. The van der Waals surface area contributed by atoms with E-state index in [0.29, 0.717) is 17.5 Å². The number of carbonyl (C=O) groups is 1. The zero-order valence-electron chi connectivity index (χ0n) is 10.2. The van der Waals surface area contributed by atoms with Gasteiger partial charge >= 0.3 is 0 Å². The van der Waals surface area contributed by atoms with E-state index in [4.69, 9.17) is 0 Å². The summed E-state index contributed by atoms with van der Waals surface area (Å²) in [4.78, 5) is 11.8. The number of rotatable bonds is 5. The molecule has 2 saturated carbocycles. The summed E-state index contributed by atoms with van der Waals surface area (Å²) in [5, 5.41) is 10.0. The molecule has 1 aromatic rings. The predicted octanol–water partition coefficient (Wildman–Crippen LogP) is 2.06. The number of nitrogens with zero attached hydrogens (tertiary/aromatic N) is 1. The number of amides is 1. The fourth-order valence-corrected chi connectivity index (χ4v) is 2.43. The van der Waals surface area contributed by atoms with Crippen LogP contribution in [0.5, 0.6) is 0 Å². The van der Waals surface area contributed by atoms with Gasteiger partial charge in [0, 0.05) is 18.2 Å². The Hall–Kier alpha value is -1.32. The van der Waals surface area contributed by atoms with Crippen LogP contribution >= 0.6 is 0 Å². The average Bonchev–Trinajstić information content (AvgIpc) is 3.25. The van der Waals surface area contributed by atoms with Crippen LogP contribution < -0.4 is 5.32 Å². The molecule has 0 radical (unpaired) electrons. The van der Waals surface area contributed by atoms with Crippen LogP contribution in [-0.2, 0) is 0 Å². The van der Waals surface area contributed by atoms with Gasteiger partial charge in [-0.05, 0) is 37.2 Å². The first kappa shape index (κ1) is 10.8. The van der Waals surface area contributed by atoms with Crippen LogP contribution in [-0.4, -0.2) is 22.6 Å². The Balaban J connectivity index is 1.50. The highest BCUT2D eigenvalue weighted by atomic mass is 16.1. The zero-order chi connectivity index (χ0) is 11.8. The highest BCUT2D eigenvalue weighted by molar-refractivity contribution is 5.92. The van der Waals surface area contributed by atoms with Crippen LogP contribution in [0.25, 0.3) is 0 Å². The van der Waals surface area contributed by atoms with Gasteiger partial charge < -0.3 is 5.32 Å². The molecule has 2 aliphatic carbocycles. The number of hydrogen-bond donors (Lipinski definition) is 2. The van der Waals surface area contributed by atoms with Crippen molar-refractivity contribution in [2.75, 3.05) is 6.54 Å². The molecule has 2 aliphatic rings. The molecule has 4 heteroatoms. The average molecular weight is 233 g/mol. The van der Waals surface area contributed by atoms with Crippen LogP contribution in [0.2, 0.25) is 0 Å². The summed E-state index contributed by atoms with van der Waals surface area (Å²) in [6.07, 6.45) is 4.95. The minimum atomic E-state index is -0.0325. The van der Waals surface area contributed by atoms with Gasteiger partial charge in [0.1, 0.15) is 5.69 Å². The van der Waals surface area contributed by atoms with Crippen LogP contribution in [0.1, 0.15) is 54.7 Å². The predicted molar refractivity (Wildman–Crippen MR) is 64.8 cm³/mol. The molecule has 1 aromatic heterocycles. The summed E-state index contributed by atoms with van der Waals surface area (Å²) in [5.74, 6) is 2.12. The van der Waals surface area contributed by atoms with E-state index >= 15 is 0 Å². The van der Waals surface area contributed by atoms with Crippen molar-refractivity contribution in [3.8, 4) is 0 Å². The molecule has 4 nitrogen and oxygen atoms in total. The molecule has 2 fully saturated rings. The fourth-order valence-electron chi connectivity index (χ4n) is 2.43. The van der Waals surface area contributed by atoms with Gasteiger partial charge in [0.2, 0.25) is 0 Å². The van der Waals surface area contributed by atoms with Gasteiger partial charge in [-0.2, -0.15) is 5.10 Å². The van der Waals surface area contributed by atoms with Crippen LogP contribution in [0.3, 0.4) is 0 Å². The summed E-state index contributed by atoms with van der Waals surface area (Å²) in [7, 11) is 0. The van der Waals surface area contributed by atoms with Crippen molar-refractivity contribution in [1.29, 1.82) is 0 Å². The van der Waals surface area contributed by atoms with Crippen molar-refractivity contribution in [2.45, 2.75) is 38.5 Å². The summed E-state index contributed by atoms with van der Waals surface area (Å²) in [5.41, 5.74) is 1.66. The molecule has 1 heterocycles. The van der Waals surface area contributed by atoms with E-state index in [0.717, 1.165) is 18.2 Å². The number of aromatic nitrogens is 2. The van der Waals surface area contributed by atoms with Crippen molar-refractivity contribution in [3.63, 3.8) is 0 Å². The lowest BCUT2D eigenvalue weighted by molar-refractivity contribution is 0.0946. The number of carbonyl (C=O) groups excluding carboxylic acids is 1. The van der Waals surface area contributed by atoms with Gasteiger partial charge in [0.25, 0.3) is 5.91 Å². The van der Waals surface area contributed by atoms with Gasteiger partial charge in [-0.1, -0.05) is 13.3 Å². The van der Waals surface area contributed by atoms with Crippen molar-refractivity contribution in [2.24, 2.45) is 11.8 Å². The van der Waals surface area contributed by atoms with Gasteiger partial charge in [0.15, 0.2) is 0 Å². The molecular weight excluding hydrogens is 214 g/mol. The summed E-state index contributed by atoms with van der Waals surface area (Å²) in [6.45, 7) is 3.02. The second kappa shape index (κ2) is 4.17. The lowest BCUT2D eigenvalue weighted by atomic mass is 10.2. The first-order valence-corrected chi connectivity index (χ1v) is 6.61. The molecule has 0 aliphatic heterocycles. The summed E-state index contributed by atoms with van der Waals surface area (Å²) < 4.78 is 0. The van der Waals surface area contributed by atoms with Crippen LogP contribution in [0.4, 0.5) is 0 Å². The van der Waals surface area contributed by atoms with E-state index in [1.807, 2.05) is 6.07 Å². The number of nitrogens with one attached hydrogen (secondary N) is 2. The number of hydrogen-bond acceptors (Lipinski definition) is 2. The second-order valence-electron chi connectivity index (χ2n) is 5.36. The Morgan fingerprint density at radius 3 is 3.00 bits per heavy atom. The zero-order valence-corrected chi connectivity index (χ0v) is 10.2. The second-order valence-corrected chi connectivity index (χ2v) is 5.36. The topological polar surface area (TPSA) is 57.8 Å². The third-order valence-corrected chi connectivity index (χ3v) is 3.97. The summed E-state index contributed by atoms with van der Waals surface area (Å²) in [6, 6.07) is 1.90. The lowest BCUT2D eigenvalue weighted by Gasteiger charge is -2.01. The lowest BCUT2D eigenvalue weighted by Crippen LogP contribution is -2.26. The van der Waals surface area contributed by atoms with Crippen molar-refractivity contribution < 1.29 is 4.79 Å². The monoisotopic (exact) mass is 233 g/mol. The highest BCUT2D eigenvalue weighted by Crippen LogP contribution is 2.40. The quantitative estimate of drug-likeness (QED) is 0.818. The molecular formula is C13H19N3O. The first-order chi connectivity index (χ1) is 8.28. The maximum Gasteiger partial charge on any atom is 0.271 e. The van der Waals surface area contributed by atoms with E-state index in [-0.39, 0.29) is 5.91 Å². The van der Waals surface area contributed by atoms with Gasteiger partial charge in [-0.25, -0.2) is 0 Å². The van der Waals surface area contributed by atoms with Gasteiger partial charge in [0.05, 0.1) is 0 Å². The molecule has 0 bridgehead atoms. The standard InChI is InChI=1S/C13H19N3O/c1-2-8-5-10(8)7-14-13(17)12-6-11(15-16-12)9-3-4-9/h6,8-10H,2-5,7H2,1H3,(H,14,17)(H,15,16)/t8-,10+/m1/s1. The molecule has 2 atom stereocenters. The molecule has 0 aromatic carbocycles. The van der Waals surface area contributed by atoms with E-state index in [1.54, 1.807) is 0 Å². The van der Waals surface area contributed by atoms with Crippen LogP contribution in [0, 0.1) is 11.8 Å². The molecule has 0 saturated heterocycles. The number of aromatic amines is 1. The van der Waals surface area contributed by atoms with E-state index in [1.165, 1.54) is 25.7 Å². The van der Waals surface area contributed by atoms with Crippen molar-refractivity contribution >= 4 is 5.91 Å². The maximum absolute atomic E-state index is 11.8. The maximum atomic E-state index is 11.8. The van der Waals surface area contributed by atoms with Crippen molar-refractivity contribution in [1.82, 2.24) is 15.5 Å². The SMILES string of the molecule is CC[C@@H]1C[C@H]1CNC(=O)c1cc(C2CC2)[nH]n1. The molecule has 3 rings (SSSR count). The molecule has 0 spiro atoms. The molecule has 17 heavy (non-hydrogen) atoms. The van der Waals surface area contributed by atoms with Crippen molar-refractivity contribution in [3.05, 3.63) is 17.5 Å². The minimum Gasteiger partial charge on any atom is -0.350 e. The minimum absolute atomic E-state index is 0.0325.